The van der Waals surface area contributed by atoms with E-state index in [4.69, 9.17) is 4.74 Å². The van der Waals surface area contributed by atoms with Crippen molar-refractivity contribution in [3.05, 3.63) is 55.1 Å². The molecule has 4 nitrogen and oxygen atoms in total. The molecular formula is C16H22N2O2. The Kier molecular flexibility index (Phi) is 7.14. The molecule has 1 aromatic rings. The van der Waals surface area contributed by atoms with Gasteiger partial charge in [0.1, 0.15) is 5.75 Å². The fourth-order valence-corrected chi connectivity index (χ4v) is 1.87. The summed E-state index contributed by atoms with van der Waals surface area (Å²) < 4.78 is 5.25. The number of carbonyl (C=O) groups is 1. The van der Waals surface area contributed by atoms with Crippen LogP contribution < -0.4 is 10.1 Å². The van der Waals surface area contributed by atoms with Crippen molar-refractivity contribution in [3.8, 4) is 5.75 Å². The number of amides is 1. The molecular weight excluding hydrogens is 252 g/mol. The van der Waals surface area contributed by atoms with Gasteiger partial charge in [-0.05, 0) is 6.07 Å². The van der Waals surface area contributed by atoms with Crippen LogP contribution in [0.4, 0.5) is 0 Å². The number of para-hydroxylation sites is 1. The highest BCUT2D eigenvalue weighted by atomic mass is 16.5. The zero-order chi connectivity index (χ0) is 14.8. The minimum Gasteiger partial charge on any atom is -0.496 e. The van der Waals surface area contributed by atoms with E-state index < -0.39 is 0 Å². The average Bonchev–Trinajstić information content (AvgIpc) is 2.46. The van der Waals surface area contributed by atoms with Crippen LogP contribution in [0.1, 0.15) is 5.56 Å². The van der Waals surface area contributed by atoms with Crippen LogP contribution in [0, 0.1) is 0 Å². The maximum absolute atomic E-state index is 11.9. The van der Waals surface area contributed by atoms with Crippen LogP contribution in [0.3, 0.4) is 0 Å². The summed E-state index contributed by atoms with van der Waals surface area (Å²) in [4.78, 5) is 13.9. The Labute approximate surface area is 120 Å². The van der Waals surface area contributed by atoms with E-state index >= 15 is 0 Å². The second-order valence-electron chi connectivity index (χ2n) is 4.36. The summed E-state index contributed by atoms with van der Waals surface area (Å²) in [6.07, 6.45) is 3.55. The van der Waals surface area contributed by atoms with Gasteiger partial charge in [0.25, 0.3) is 0 Å². The molecule has 4 heteroatoms. The largest absolute Gasteiger partial charge is 0.496 e. The molecule has 0 heterocycles. The van der Waals surface area contributed by atoms with Gasteiger partial charge in [0.15, 0.2) is 0 Å². The third-order valence-corrected chi connectivity index (χ3v) is 2.81. The van der Waals surface area contributed by atoms with Crippen LogP contribution in [-0.4, -0.2) is 37.6 Å². The molecule has 0 bridgehead atoms. The molecule has 0 spiro atoms. The molecule has 0 aliphatic carbocycles. The zero-order valence-electron chi connectivity index (χ0n) is 12.0. The van der Waals surface area contributed by atoms with Crippen LogP contribution >= 0.6 is 0 Å². The van der Waals surface area contributed by atoms with Gasteiger partial charge in [-0.25, -0.2) is 0 Å². The van der Waals surface area contributed by atoms with E-state index in [1.54, 1.807) is 19.3 Å². The van der Waals surface area contributed by atoms with Gasteiger partial charge in [-0.3, -0.25) is 9.69 Å². The molecule has 0 saturated carbocycles. The van der Waals surface area contributed by atoms with Gasteiger partial charge >= 0.3 is 0 Å². The number of carbonyl (C=O) groups excluding carboxylic acids is 1. The number of benzene rings is 1. The number of nitrogens with zero attached hydrogens (tertiary/aromatic N) is 1. The van der Waals surface area contributed by atoms with Crippen molar-refractivity contribution in [1.29, 1.82) is 0 Å². The van der Waals surface area contributed by atoms with Gasteiger partial charge in [-0.1, -0.05) is 30.4 Å². The van der Waals surface area contributed by atoms with Gasteiger partial charge in [-0.15, -0.1) is 13.2 Å². The lowest BCUT2D eigenvalue weighted by molar-refractivity contribution is -0.122. The average molecular weight is 274 g/mol. The maximum atomic E-state index is 11.9. The van der Waals surface area contributed by atoms with E-state index in [0.29, 0.717) is 26.2 Å². The normalized spacial score (nSPS) is 10.1. The molecule has 0 unspecified atom stereocenters. The minimum absolute atomic E-state index is 0.0281. The molecule has 108 valence electrons. The van der Waals surface area contributed by atoms with Crippen molar-refractivity contribution in [3.63, 3.8) is 0 Å². The molecule has 0 aliphatic rings. The first-order chi connectivity index (χ1) is 9.71. The lowest BCUT2D eigenvalue weighted by Gasteiger charge is -2.18. The van der Waals surface area contributed by atoms with Gasteiger partial charge in [0, 0.05) is 25.2 Å². The fourth-order valence-electron chi connectivity index (χ4n) is 1.87. The summed E-state index contributed by atoms with van der Waals surface area (Å²) in [5.74, 6) is 0.751. The molecule has 0 aromatic heterocycles. The summed E-state index contributed by atoms with van der Waals surface area (Å²) in [5.41, 5.74) is 0.961. The summed E-state index contributed by atoms with van der Waals surface area (Å²) in [5, 5.41) is 2.89. The predicted octanol–water partition coefficient (Wildman–Crippen LogP) is 1.99. The lowest BCUT2D eigenvalue weighted by Crippen LogP contribution is -2.37. The highest BCUT2D eigenvalue weighted by Crippen LogP contribution is 2.16. The number of rotatable bonds is 9. The second-order valence-corrected chi connectivity index (χ2v) is 4.36. The van der Waals surface area contributed by atoms with Crippen LogP contribution in [-0.2, 0) is 11.3 Å². The van der Waals surface area contributed by atoms with E-state index in [2.05, 4.69) is 18.5 Å². The van der Waals surface area contributed by atoms with E-state index in [1.165, 1.54) is 0 Å². The first-order valence-electron chi connectivity index (χ1n) is 6.54. The van der Waals surface area contributed by atoms with Crippen LogP contribution in [0.2, 0.25) is 0 Å². The van der Waals surface area contributed by atoms with E-state index in [9.17, 15) is 4.79 Å². The molecule has 0 aliphatic heterocycles. The lowest BCUT2D eigenvalue weighted by atomic mass is 10.2. The molecule has 0 atom stereocenters. The van der Waals surface area contributed by atoms with Gasteiger partial charge < -0.3 is 10.1 Å². The summed E-state index contributed by atoms with van der Waals surface area (Å²) in [6.45, 7) is 9.47. The van der Waals surface area contributed by atoms with Gasteiger partial charge in [0.2, 0.25) is 5.91 Å². The van der Waals surface area contributed by atoms with Crippen molar-refractivity contribution in [2.45, 2.75) is 6.54 Å². The fraction of sp³-hybridized carbons (Fsp3) is 0.312. The smallest absolute Gasteiger partial charge is 0.234 e. The number of hydrogen-bond donors (Lipinski definition) is 1. The van der Waals surface area contributed by atoms with E-state index in [-0.39, 0.29) is 5.91 Å². The highest BCUT2D eigenvalue weighted by Gasteiger charge is 2.09. The summed E-state index contributed by atoms with van der Waals surface area (Å²) in [6, 6.07) is 7.64. The number of nitrogens with one attached hydrogen (secondary N) is 1. The molecule has 20 heavy (non-hydrogen) atoms. The molecule has 1 amide bonds. The van der Waals surface area contributed by atoms with Crippen LogP contribution in [0.15, 0.2) is 49.6 Å². The van der Waals surface area contributed by atoms with Crippen LogP contribution in [0.25, 0.3) is 0 Å². The highest BCUT2D eigenvalue weighted by molar-refractivity contribution is 5.78. The quantitative estimate of drug-likeness (QED) is 0.700. The Morgan fingerprint density at radius 2 is 1.95 bits per heavy atom. The number of hydrogen-bond acceptors (Lipinski definition) is 3. The Balaban J connectivity index is 2.49. The van der Waals surface area contributed by atoms with Crippen molar-refractivity contribution < 1.29 is 9.53 Å². The Morgan fingerprint density at radius 1 is 1.30 bits per heavy atom. The first-order valence-corrected chi connectivity index (χ1v) is 6.54. The van der Waals surface area contributed by atoms with Crippen molar-refractivity contribution >= 4 is 5.91 Å². The van der Waals surface area contributed by atoms with Crippen molar-refractivity contribution in [1.82, 2.24) is 10.2 Å². The van der Waals surface area contributed by atoms with Gasteiger partial charge in [-0.2, -0.15) is 0 Å². The Morgan fingerprint density at radius 3 is 2.55 bits per heavy atom. The molecule has 0 saturated heterocycles. The minimum atomic E-state index is -0.0281. The predicted molar refractivity (Wildman–Crippen MR) is 81.7 cm³/mol. The van der Waals surface area contributed by atoms with E-state index in [0.717, 1.165) is 11.3 Å². The number of methoxy groups -OCH3 is 1. The second kappa shape index (κ2) is 8.93. The molecule has 0 radical (unpaired) electrons. The summed E-state index contributed by atoms with van der Waals surface area (Å²) >= 11 is 0. The standard InChI is InChI=1S/C16H22N2O2/c1-4-10-18(11-5-2)13-16(19)17-12-14-8-6-7-9-15(14)20-3/h4-9H,1-2,10-13H2,3H3,(H,17,19). The van der Waals surface area contributed by atoms with Crippen molar-refractivity contribution in [2.24, 2.45) is 0 Å². The monoisotopic (exact) mass is 274 g/mol. The summed E-state index contributed by atoms with van der Waals surface area (Å²) in [7, 11) is 1.62. The molecule has 1 N–H and O–H groups in total. The molecule has 1 rings (SSSR count). The van der Waals surface area contributed by atoms with Crippen LogP contribution in [0.5, 0.6) is 5.75 Å². The third-order valence-electron chi connectivity index (χ3n) is 2.81. The van der Waals surface area contributed by atoms with Gasteiger partial charge in [0.05, 0.1) is 13.7 Å². The Hall–Kier alpha value is -2.07. The zero-order valence-corrected chi connectivity index (χ0v) is 12.0. The number of ether oxygens (including phenoxy) is 1. The maximum Gasteiger partial charge on any atom is 0.234 e. The first kappa shape index (κ1) is 16.0. The Bertz CT molecular complexity index is 448. The molecule has 1 aromatic carbocycles. The molecule has 0 fully saturated rings. The SMILES string of the molecule is C=CCN(CC=C)CC(=O)NCc1ccccc1OC. The van der Waals surface area contributed by atoms with E-state index in [1.807, 2.05) is 29.2 Å². The van der Waals surface area contributed by atoms with Crippen molar-refractivity contribution in [2.75, 3.05) is 26.7 Å². The third kappa shape index (κ3) is 5.28. The topological polar surface area (TPSA) is 41.6 Å².